The summed E-state index contributed by atoms with van der Waals surface area (Å²) in [6.45, 7) is 3.17. The van der Waals surface area contributed by atoms with Crippen molar-refractivity contribution in [1.29, 1.82) is 0 Å². The van der Waals surface area contributed by atoms with Crippen LogP contribution in [0.2, 0.25) is 5.02 Å². The van der Waals surface area contributed by atoms with Crippen molar-refractivity contribution < 1.29 is 0 Å². The van der Waals surface area contributed by atoms with Crippen LogP contribution in [0.5, 0.6) is 0 Å². The number of rotatable bonds is 5. The zero-order chi connectivity index (χ0) is 18.8. The standard InChI is InChI=1S/C20H22ClN5S/c21-19-9-16(7-6-15(19)10-23-24-20(22)27)26-13-17-8-18(26)12-25(17)11-14-4-2-1-3-5-14/h1-7,9-10,17-18H,8,11-13H2,(H3,22,24,27)/b23-10+/t17?,18-/m0/s1. The summed E-state index contributed by atoms with van der Waals surface area (Å²) in [5.41, 5.74) is 11.3. The maximum Gasteiger partial charge on any atom is 0.184 e. The molecule has 0 spiro atoms. The SMILES string of the molecule is NC(=S)N/N=C/c1ccc(N2CC3C[C@H]2CN3Cc2ccccc2)cc1Cl. The molecule has 0 radical (unpaired) electrons. The molecule has 7 heteroatoms. The van der Waals surface area contributed by atoms with Crippen LogP contribution in [-0.4, -0.2) is 41.4 Å². The van der Waals surface area contributed by atoms with Crippen LogP contribution in [0, 0.1) is 0 Å². The van der Waals surface area contributed by atoms with E-state index in [9.17, 15) is 0 Å². The molecule has 2 aromatic rings. The molecule has 2 fully saturated rings. The number of nitrogens with one attached hydrogen (secondary N) is 1. The van der Waals surface area contributed by atoms with Gasteiger partial charge in [-0.25, -0.2) is 0 Å². The Kier molecular flexibility index (Phi) is 5.29. The van der Waals surface area contributed by atoms with Gasteiger partial charge in [0.1, 0.15) is 0 Å². The van der Waals surface area contributed by atoms with Crippen LogP contribution in [0.4, 0.5) is 5.69 Å². The van der Waals surface area contributed by atoms with Crippen molar-refractivity contribution in [3.8, 4) is 0 Å². The van der Waals surface area contributed by atoms with E-state index in [-0.39, 0.29) is 5.11 Å². The van der Waals surface area contributed by atoms with Crippen molar-refractivity contribution in [2.75, 3.05) is 18.0 Å². The van der Waals surface area contributed by atoms with Crippen LogP contribution < -0.4 is 16.1 Å². The van der Waals surface area contributed by atoms with Crippen LogP contribution in [-0.2, 0) is 6.54 Å². The third-order valence-electron chi connectivity index (χ3n) is 5.28. The predicted octanol–water partition coefficient (Wildman–Crippen LogP) is 2.97. The van der Waals surface area contributed by atoms with Crippen LogP contribution >= 0.6 is 23.8 Å². The summed E-state index contributed by atoms with van der Waals surface area (Å²) in [5.74, 6) is 0. The van der Waals surface area contributed by atoms with Gasteiger partial charge in [0.15, 0.2) is 5.11 Å². The monoisotopic (exact) mass is 399 g/mol. The van der Waals surface area contributed by atoms with Gasteiger partial charge in [-0.3, -0.25) is 10.3 Å². The summed E-state index contributed by atoms with van der Waals surface area (Å²) in [6, 6.07) is 18.0. The zero-order valence-corrected chi connectivity index (χ0v) is 16.5. The Morgan fingerprint density at radius 3 is 2.70 bits per heavy atom. The summed E-state index contributed by atoms with van der Waals surface area (Å²) in [4.78, 5) is 5.08. The first kappa shape index (κ1) is 18.2. The Labute approximate surface area is 169 Å². The van der Waals surface area contributed by atoms with Crippen LogP contribution in [0.3, 0.4) is 0 Å². The van der Waals surface area contributed by atoms with Gasteiger partial charge in [-0.1, -0.05) is 41.9 Å². The van der Waals surface area contributed by atoms with Gasteiger partial charge in [0.2, 0.25) is 0 Å². The largest absolute Gasteiger partial charge is 0.375 e. The van der Waals surface area contributed by atoms with Crippen LogP contribution in [0.15, 0.2) is 53.6 Å². The molecule has 0 aromatic heterocycles. The maximum atomic E-state index is 6.44. The number of benzene rings is 2. The highest BCUT2D eigenvalue weighted by molar-refractivity contribution is 7.80. The molecular weight excluding hydrogens is 378 g/mol. The molecule has 2 saturated heterocycles. The Morgan fingerprint density at radius 1 is 1.22 bits per heavy atom. The molecular formula is C20H22ClN5S. The topological polar surface area (TPSA) is 56.9 Å². The summed E-state index contributed by atoms with van der Waals surface area (Å²) < 4.78 is 0. The minimum atomic E-state index is 0.132. The van der Waals surface area contributed by atoms with Crippen molar-refractivity contribution in [3.05, 3.63) is 64.7 Å². The molecule has 0 saturated carbocycles. The minimum absolute atomic E-state index is 0.132. The second-order valence-electron chi connectivity index (χ2n) is 7.05. The first-order valence-electron chi connectivity index (χ1n) is 9.03. The van der Waals surface area contributed by atoms with E-state index in [4.69, 9.17) is 29.6 Å². The number of fused-ring (bicyclic) bond motifs is 2. The number of nitrogens with zero attached hydrogens (tertiary/aromatic N) is 3. The predicted molar refractivity (Wildman–Crippen MR) is 115 cm³/mol. The second-order valence-corrected chi connectivity index (χ2v) is 7.90. The smallest absolute Gasteiger partial charge is 0.184 e. The number of thiocarbonyl (C=S) groups is 1. The number of likely N-dealkylation sites (tertiary alicyclic amines) is 1. The third kappa shape index (κ3) is 4.08. The Hall–Kier alpha value is -2.15. The minimum Gasteiger partial charge on any atom is -0.375 e. The lowest BCUT2D eigenvalue weighted by Gasteiger charge is -2.35. The number of anilines is 1. The van der Waals surface area contributed by atoms with Gasteiger partial charge in [0.25, 0.3) is 0 Å². The second kappa shape index (κ2) is 7.84. The molecule has 2 heterocycles. The fourth-order valence-electron chi connectivity index (χ4n) is 4.04. The van der Waals surface area contributed by atoms with E-state index >= 15 is 0 Å². The highest BCUT2D eigenvalue weighted by Gasteiger charge is 2.43. The molecule has 2 atom stereocenters. The van der Waals surface area contributed by atoms with Crippen molar-refractivity contribution >= 4 is 40.8 Å². The molecule has 2 bridgehead atoms. The van der Waals surface area contributed by atoms with Gasteiger partial charge in [-0.05, 0) is 42.4 Å². The summed E-state index contributed by atoms with van der Waals surface area (Å²) >= 11 is 11.2. The molecule has 0 aliphatic carbocycles. The van der Waals surface area contributed by atoms with E-state index in [0.29, 0.717) is 17.1 Å². The summed E-state index contributed by atoms with van der Waals surface area (Å²) in [7, 11) is 0. The Bertz CT molecular complexity index is 857. The van der Waals surface area contributed by atoms with E-state index in [1.807, 2.05) is 12.1 Å². The molecule has 5 nitrogen and oxygen atoms in total. The summed E-state index contributed by atoms with van der Waals surface area (Å²) in [5, 5.41) is 4.77. The normalized spacial score (nSPS) is 21.9. The van der Waals surface area contributed by atoms with Gasteiger partial charge in [-0.2, -0.15) is 5.10 Å². The number of halogens is 1. The van der Waals surface area contributed by atoms with Crippen LogP contribution in [0.1, 0.15) is 17.5 Å². The van der Waals surface area contributed by atoms with Gasteiger partial charge in [-0.15, -0.1) is 0 Å². The molecule has 3 N–H and O–H groups in total. The van der Waals surface area contributed by atoms with E-state index in [1.165, 1.54) is 17.7 Å². The molecule has 4 rings (SSSR count). The van der Waals surface area contributed by atoms with E-state index in [0.717, 1.165) is 25.2 Å². The van der Waals surface area contributed by atoms with Crippen molar-refractivity contribution in [1.82, 2.24) is 10.3 Å². The number of hydrazone groups is 1. The first-order chi connectivity index (χ1) is 13.1. The molecule has 2 aliphatic rings. The third-order valence-corrected chi connectivity index (χ3v) is 5.70. The molecule has 2 aliphatic heterocycles. The first-order valence-corrected chi connectivity index (χ1v) is 9.81. The van der Waals surface area contributed by atoms with Gasteiger partial charge in [0.05, 0.1) is 11.2 Å². The van der Waals surface area contributed by atoms with Crippen molar-refractivity contribution in [2.24, 2.45) is 10.8 Å². The van der Waals surface area contributed by atoms with E-state index in [1.54, 1.807) is 6.21 Å². The fourth-order valence-corrected chi connectivity index (χ4v) is 4.32. The van der Waals surface area contributed by atoms with Crippen molar-refractivity contribution in [2.45, 2.75) is 25.0 Å². The summed E-state index contributed by atoms with van der Waals surface area (Å²) in [6.07, 6.45) is 2.84. The highest BCUT2D eigenvalue weighted by atomic mass is 35.5. The number of hydrogen-bond donors (Lipinski definition) is 2. The van der Waals surface area contributed by atoms with Crippen LogP contribution in [0.25, 0.3) is 0 Å². The maximum absolute atomic E-state index is 6.44. The quantitative estimate of drug-likeness (QED) is 0.460. The van der Waals surface area contributed by atoms with E-state index < -0.39 is 0 Å². The lowest BCUT2D eigenvalue weighted by molar-refractivity contribution is 0.230. The molecule has 27 heavy (non-hydrogen) atoms. The molecule has 0 amide bonds. The van der Waals surface area contributed by atoms with E-state index in [2.05, 4.69) is 56.7 Å². The molecule has 2 aromatic carbocycles. The average molecular weight is 400 g/mol. The average Bonchev–Trinajstić information content (AvgIpc) is 3.24. The van der Waals surface area contributed by atoms with Gasteiger partial charge < -0.3 is 10.6 Å². The Morgan fingerprint density at radius 2 is 2.04 bits per heavy atom. The molecule has 140 valence electrons. The number of nitrogens with two attached hydrogens (primary N) is 1. The number of hydrogen-bond acceptors (Lipinski definition) is 4. The van der Waals surface area contributed by atoms with Gasteiger partial charge in [0, 0.05) is 43.0 Å². The lowest BCUT2D eigenvalue weighted by Crippen LogP contribution is -2.46. The lowest BCUT2D eigenvalue weighted by atomic mass is 10.1. The molecule has 1 unspecified atom stereocenters. The van der Waals surface area contributed by atoms with Gasteiger partial charge >= 0.3 is 0 Å². The highest BCUT2D eigenvalue weighted by Crippen LogP contribution is 2.36. The fraction of sp³-hybridized carbons (Fsp3) is 0.300. The number of piperazine rings is 1. The zero-order valence-electron chi connectivity index (χ0n) is 14.9. The van der Waals surface area contributed by atoms with Crippen molar-refractivity contribution in [3.63, 3.8) is 0 Å². The Balaban J connectivity index is 1.41.